The molecule has 0 atom stereocenters. The van der Waals surface area contributed by atoms with E-state index in [1.54, 1.807) is 12.3 Å². The van der Waals surface area contributed by atoms with Crippen LogP contribution in [0.2, 0.25) is 0 Å². The molecule has 0 saturated carbocycles. The number of hydrazone groups is 1. The number of carbonyl (C=O) groups is 2. The minimum Gasteiger partial charge on any atom is -0.455 e. The van der Waals surface area contributed by atoms with E-state index in [9.17, 15) is 9.59 Å². The van der Waals surface area contributed by atoms with Crippen molar-refractivity contribution < 1.29 is 14.0 Å². The highest BCUT2D eigenvalue weighted by Gasteiger charge is 2.29. The van der Waals surface area contributed by atoms with E-state index >= 15 is 0 Å². The van der Waals surface area contributed by atoms with Crippen molar-refractivity contribution in [1.29, 1.82) is 0 Å². The lowest BCUT2D eigenvalue weighted by Crippen LogP contribution is -2.40. The monoisotopic (exact) mass is 446 g/mol. The number of amides is 2. The molecule has 0 unspecified atom stereocenters. The second-order valence-corrected chi connectivity index (χ2v) is 8.72. The van der Waals surface area contributed by atoms with Gasteiger partial charge in [0.2, 0.25) is 0 Å². The van der Waals surface area contributed by atoms with E-state index < -0.39 is 0 Å². The standard InChI is InChI=1S/C20H23BrN4O3/c1-11-16-14(24-25-18(26)12-8-13(21)10-22-9-12)6-5-7-15(16)28-17(11)19(27)23-20(2,3)4/h8-10H,5-7H2,1-4H3,(H,23,27)(H,25,26)/b24-14+. The molecule has 2 aromatic rings. The Balaban J connectivity index is 1.85. The van der Waals surface area contributed by atoms with Gasteiger partial charge in [-0.3, -0.25) is 14.6 Å². The van der Waals surface area contributed by atoms with Gasteiger partial charge in [-0.2, -0.15) is 5.10 Å². The fraction of sp³-hybridized carbons (Fsp3) is 0.400. The van der Waals surface area contributed by atoms with Crippen LogP contribution in [0.4, 0.5) is 0 Å². The fourth-order valence-electron chi connectivity index (χ4n) is 3.11. The van der Waals surface area contributed by atoms with Crippen LogP contribution in [0.3, 0.4) is 0 Å². The molecule has 2 N–H and O–H groups in total. The number of nitrogens with one attached hydrogen (secondary N) is 2. The number of carbonyl (C=O) groups excluding carboxylic acids is 2. The van der Waals surface area contributed by atoms with Crippen LogP contribution in [0.25, 0.3) is 0 Å². The number of aromatic nitrogens is 1. The molecule has 148 valence electrons. The van der Waals surface area contributed by atoms with Gasteiger partial charge in [0.1, 0.15) is 5.76 Å². The first kappa shape index (κ1) is 20.3. The van der Waals surface area contributed by atoms with E-state index in [0.29, 0.717) is 27.9 Å². The Morgan fingerprint density at radius 3 is 2.64 bits per heavy atom. The van der Waals surface area contributed by atoms with Gasteiger partial charge in [-0.25, -0.2) is 5.43 Å². The third-order valence-electron chi connectivity index (χ3n) is 4.28. The Morgan fingerprint density at radius 1 is 1.21 bits per heavy atom. The Bertz CT molecular complexity index is 957. The van der Waals surface area contributed by atoms with Crippen LogP contribution in [-0.2, 0) is 6.42 Å². The topological polar surface area (TPSA) is 96.6 Å². The van der Waals surface area contributed by atoms with E-state index in [2.05, 4.69) is 36.8 Å². The highest BCUT2D eigenvalue weighted by Crippen LogP contribution is 2.30. The predicted molar refractivity (Wildman–Crippen MR) is 110 cm³/mol. The van der Waals surface area contributed by atoms with E-state index in [1.807, 2.05) is 27.7 Å². The number of furan rings is 1. The molecule has 0 fully saturated rings. The average Bonchev–Trinajstić information content (AvgIpc) is 2.96. The smallest absolute Gasteiger partial charge is 0.287 e. The van der Waals surface area contributed by atoms with E-state index in [-0.39, 0.29) is 17.4 Å². The fourth-order valence-corrected chi connectivity index (χ4v) is 3.48. The highest BCUT2D eigenvalue weighted by molar-refractivity contribution is 9.10. The molecule has 0 aliphatic heterocycles. The van der Waals surface area contributed by atoms with Gasteiger partial charge < -0.3 is 9.73 Å². The lowest BCUT2D eigenvalue weighted by atomic mass is 9.93. The van der Waals surface area contributed by atoms with Crippen LogP contribution in [-0.4, -0.2) is 28.0 Å². The van der Waals surface area contributed by atoms with Gasteiger partial charge in [0, 0.05) is 40.0 Å². The van der Waals surface area contributed by atoms with Crippen molar-refractivity contribution in [3.63, 3.8) is 0 Å². The molecule has 8 heteroatoms. The maximum atomic E-state index is 12.6. The van der Waals surface area contributed by atoms with Crippen molar-refractivity contribution in [2.24, 2.45) is 5.10 Å². The first-order valence-corrected chi connectivity index (χ1v) is 9.87. The number of nitrogens with zero attached hydrogens (tertiary/aromatic N) is 2. The SMILES string of the molecule is Cc1c(C(=O)NC(C)(C)C)oc2c1/C(=N/NC(=O)c1cncc(Br)c1)CCC2. The molecule has 7 nitrogen and oxygen atoms in total. The number of rotatable bonds is 3. The molecule has 2 heterocycles. The largest absolute Gasteiger partial charge is 0.455 e. The molecule has 0 bridgehead atoms. The third-order valence-corrected chi connectivity index (χ3v) is 4.71. The molecule has 0 spiro atoms. The van der Waals surface area contributed by atoms with Crippen LogP contribution in [0, 0.1) is 6.92 Å². The van der Waals surface area contributed by atoms with Crippen molar-refractivity contribution in [3.8, 4) is 0 Å². The van der Waals surface area contributed by atoms with Crippen molar-refractivity contribution in [1.82, 2.24) is 15.7 Å². The molecule has 0 radical (unpaired) electrons. The molecule has 0 aromatic carbocycles. The van der Waals surface area contributed by atoms with Crippen LogP contribution < -0.4 is 10.7 Å². The van der Waals surface area contributed by atoms with Gasteiger partial charge in [0.15, 0.2) is 5.76 Å². The van der Waals surface area contributed by atoms with Gasteiger partial charge in [0.25, 0.3) is 11.8 Å². The van der Waals surface area contributed by atoms with Gasteiger partial charge in [-0.05, 0) is 62.5 Å². The molecule has 0 saturated heterocycles. The average molecular weight is 447 g/mol. The predicted octanol–water partition coefficient (Wildman–Crippen LogP) is 3.74. The number of hydrogen-bond donors (Lipinski definition) is 2. The summed E-state index contributed by atoms with van der Waals surface area (Å²) in [5.74, 6) is 0.445. The minimum atomic E-state index is -0.361. The number of pyridine rings is 1. The summed E-state index contributed by atoms with van der Waals surface area (Å²) in [5.41, 5.74) is 4.91. The van der Waals surface area contributed by atoms with E-state index in [0.717, 1.165) is 29.7 Å². The third kappa shape index (κ3) is 4.49. The maximum Gasteiger partial charge on any atom is 0.287 e. The van der Waals surface area contributed by atoms with Crippen molar-refractivity contribution in [2.75, 3.05) is 0 Å². The minimum absolute atomic E-state index is 0.247. The number of hydrogen-bond acceptors (Lipinski definition) is 5. The molecule has 2 aromatic heterocycles. The summed E-state index contributed by atoms with van der Waals surface area (Å²) in [6.45, 7) is 7.60. The normalized spacial score (nSPS) is 15.2. The van der Waals surface area contributed by atoms with Crippen molar-refractivity contribution in [3.05, 3.63) is 51.1 Å². The lowest BCUT2D eigenvalue weighted by Gasteiger charge is -2.19. The summed E-state index contributed by atoms with van der Waals surface area (Å²) in [5, 5.41) is 7.24. The van der Waals surface area contributed by atoms with E-state index in [1.165, 1.54) is 6.20 Å². The molecule has 3 rings (SSSR count). The van der Waals surface area contributed by atoms with Crippen molar-refractivity contribution in [2.45, 2.75) is 52.5 Å². The van der Waals surface area contributed by atoms with Gasteiger partial charge in [-0.1, -0.05) is 0 Å². The van der Waals surface area contributed by atoms with Crippen molar-refractivity contribution >= 4 is 33.5 Å². The Hall–Kier alpha value is -2.48. The summed E-state index contributed by atoms with van der Waals surface area (Å²) in [7, 11) is 0. The van der Waals surface area contributed by atoms with Gasteiger partial charge >= 0.3 is 0 Å². The van der Waals surface area contributed by atoms with Gasteiger partial charge in [-0.15, -0.1) is 0 Å². The maximum absolute atomic E-state index is 12.6. The Kier molecular flexibility index (Phi) is 5.69. The van der Waals surface area contributed by atoms with Crippen LogP contribution in [0.5, 0.6) is 0 Å². The Labute approximate surface area is 172 Å². The van der Waals surface area contributed by atoms with Crippen LogP contribution in [0.1, 0.15) is 71.4 Å². The van der Waals surface area contributed by atoms with Gasteiger partial charge in [0.05, 0.1) is 11.3 Å². The zero-order valence-corrected chi connectivity index (χ0v) is 17.9. The second kappa shape index (κ2) is 7.87. The van der Waals surface area contributed by atoms with E-state index in [4.69, 9.17) is 4.42 Å². The molecule has 28 heavy (non-hydrogen) atoms. The number of aryl methyl sites for hydroxylation is 1. The summed E-state index contributed by atoms with van der Waals surface area (Å²) < 4.78 is 6.58. The second-order valence-electron chi connectivity index (χ2n) is 7.80. The highest BCUT2D eigenvalue weighted by atomic mass is 79.9. The van der Waals surface area contributed by atoms with Crippen LogP contribution >= 0.6 is 15.9 Å². The zero-order chi connectivity index (χ0) is 20.5. The first-order valence-electron chi connectivity index (χ1n) is 9.08. The zero-order valence-electron chi connectivity index (χ0n) is 16.4. The molecular formula is C20H23BrN4O3. The summed E-state index contributed by atoms with van der Waals surface area (Å²) >= 11 is 3.30. The first-order chi connectivity index (χ1) is 13.2. The molecule has 1 aliphatic carbocycles. The summed E-state index contributed by atoms with van der Waals surface area (Å²) in [6, 6.07) is 1.67. The molecular weight excluding hydrogens is 424 g/mol. The lowest BCUT2D eigenvalue weighted by molar-refractivity contribution is 0.0887. The van der Waals surface area contributed by atoms with Crippen LogP contribution in [0.15, 0.2) is 32.5 Å². The molecule has 2 amide bonds. The molecule has 1 aliphatic rings. The summed E-state index contributed by atoms with van der Waals surface area (Å²) in [4.78, 5) is 28.9. The summed E-state index contributed by atoms with van der Waals surface area (Å²) in [6.07, 6.45) is 5.36. The number of fused-ring (bicyclic) bond motifs is 1. The Morgan fingerprint density at radius 2 is 1.96 bits per heavy atom. The number of halogens is 1. The quantitative estimate of drug-likeness (QED) is 0.701.